The molecule has 6 heteroatoms. The van der Waals surface area contributed by atoms with Gasteiger partial charge in [0.2, 0.25) is 0 Å². The highest BCUT2D eigenvalue weighted by Gasteiger charge is 2.06. The number of aryl methyl sites for hydroxylation is 2. The zero-order valence-electron chi connectivity index (χ0n) is 10.7. The standard InChI is InChI=1S/C13H14ClN3OS/c1-8-3-4-10(14)5-11(8)17-13(18)15-6-12-16-9(2)7-19-12/h3-5,7H,6H2,1-2H3,(H2,15,17,18). The molecule has 0 spiro atoms. The van der Waals surface area contributed by atoms with E-state index in [0.717, 1.165) is 16.3 Å². The smallest absolute Gasteiger partial charge is 0.319 e. The lowest BCUT2D eigenvalue weighted by Crippen LogP contribution is -2.28. The van der Waals surface area contributed by atoms with Gasteiger partial charge in [-0.05, 0) is 31.5 Å². The maximum atomic E-state index is 11.8. The van der Waals surface area contributed by atoms with Crippen molar-refractivity contribution in [3.05, 3.63) is 44.9 Å². The van der Waals surface area contributed by atoms with E-state index in [4.69, 9.17) is 11.6 Å². The Hall–Kier alpha value is -1.59. The number of nitrogens with one attached hydrogen (secondary N) is 2. The van der Waals surface area contributed by atoms with Crippen molar-refractivity contribution in [3.63, 3.8) is 0 Å². The van der Waals surface area contributed by atoms with Crippen LogP contribution in [0.15, 0.2) is 23.6 Å². The Labute approximate surface area is 120 Å². The molecule has 1 aromatic heterocycles. The average molecular weight is 296 g/mol. The van der Waals surface area contributed by atoms with Gasteiger partial charge in [0.1, 0.15) is 5.01 Å². The third-order valence-electron chi connectivity index (χ3n) is 2.51. The fraction of sp³-hybridized carbons (Fsp3) is 0.231. The summed E-state index contributed by atoms with van der Waals surface area (Å²) in [5, 5.41) is 8.97. The Morgan fingerprint density at radius 3 is 2.89 bits per heavy atom. The highest BCUT2D eigenvalue weighted by Crippen LogP contribution is 2.20. The highest BCUT2D eigenvalue weighted by atomic mass is 35.5. The van der Waals surface area contributed by atoms with Crippen molar-refractivity contribution in [2.24, 2.45) is 0 Å². The van der Waals surface area contributed by atoms with Crippen molar-refractivity contribution in [2.75, 3.05) is 5.32 Å². The number of rotatable bonds is 3. The molecule has 0 aliphatic heterocycles. The predicted octanol–water partition coefficient (Wildman–Crippen LogP) is 3.74. The van der Waals surface area contributed by atoms with Gasteiger partial charge in [-0.1, -0.05) is 17.7 Å². The molecule has 2 rings (SSSR count). The lowest BCUT2D eigenvalue weighted by molar-refractivity contribution is 0.251. The van der Waals surface area contributed by atoms with E-state index in [2.05, 4.69) is 15.6 Å². The maximum Gasteiger partial charge on any atom is 0.319 e. The molecule has 100 valence electrons. The van der Waals surface area contributed by atoms with Crippen LogP contribution >= 0.6 is 22.9 Å². The number of amides is 2. The second-order valence-corrected chi connectivity index (χ2v) is 5.53. The van der Waals surface area contributed by atoms with Gasteiger partial charge < -0.3 is 10.6 Å². The minimum atomic E-state index is -0.266. The number of carbonyl (C=O) groups excluding carboxylic acids is 1. The van der Waals surface area contributed by atoms with Crippen LogP contribution in [0.4, 0.5) is 10.5 Å². The van der Waals surface area contributed by atoms with Crippen LogP contribution < -0.4 is 10.6 Å². The van der Waals surface area contributed by atoms with E-state index in [-0.39, 0.29) is 6.03 Å². The monoisotopic (exact) mass is 295 g/mol. The predicted molar refractivity (Wildman–Crippen MR) is 78.9 cm³/mol. The van der Waals surface area contributed by atoms with E-state index in [9.17, 15) is 4.79 Å². The van der Waals surface area contributed by atoms with Gasteiger partial charge in [0, 0.05) is 21.8 Å². The van der Waals surface area contributed by atoms with E-state index in [1.807, 2.05) is 25.3 Å². The zero-order chi connectivity index (χ0) is 13.8. The zero-order valence-corrected chi connectivity index (χ0v) is 12.2. The molecule has 0 fully saturated rings. The fourth-order valence-electron chi connectivity index (χ4n) is 1.54. The molecule has 0 atom stereocenters. The Balaban J connectivity index is 1.92. The summed E-state index contributed by atoms with van der Waals surface area (Å²) in [7, 11) is 0. The Morgan fingerprint density at radius 2 is 2.21 bits per heavy atom. The lowest BCUT2D eigenvalue weighted by Gasteiger charge is -2.09. The molecule has 0 saturated heterocycles. The number of hydrogen-bond acceptors (Lipinski definition) is 3. The molecule has 2 N–H and O–H groups in total. The third-order valence-corrected chi connectivity index (χ3v) is 3.72. The lowest BCUT2D eigenvalue weighted by atomic mass is 10.2. The first-order valence-electron chi connectivity index (χ1n) is 5.76. The summed E-state index contributed by atoms with van der Waals surface area (Å²) in [6, 6.07) is 5.11. The van der Waals surface area contributed by atoms with Gasteiger partial charge in [-0.3, -0.25) is 0 Å². The van der Waals surface area contributed by atoms with Crippen molar-refractivity contribution in [1.29, 1.82) is 0 Å². The van der Waals surface area contributed by atoms with Crippen molar-refractivity contribution in [2.45, 2.75) is 20.4 Å². The minimum absolute atomic E-state index is 0.266. The molecule has 0 aliphatic carbocycles. The first-order chi connectivity index (χ1) is 9.04. The van der Waals surface area contributed by atoms with Gasteiger partial charge in [0.15, 0.2) is 0 Å². The largest absolute Gasteiger partial charge is 0.331 e. The summed E-state index contributed by atoms with van der Waals surface area (Å²) in [4.78, 5) is 16.0. The summed E-state index contributed by atoms with van der Waals surface area (Å²) in [5.41, 5.74) is 2.64. The number of urea groups is 1. The van der Waals surface area contributed by atoms with Crippen molar-refractivity contribution < 1.29 is 4.79 Å². The van der Waals surface area contributed by atoms with Gasteiger partial charge in [0.05, 0.1) is 6.54 Å². The third kappa shape index (κ3) is 3.94. The molecule has 4 nitrogen and oxygen atoms in total. The topological polar surface area (TPSA) is 54.0 Å². The Kier molecular flexibility index (Phi) is 4.39. The molecule has 0 aliphatic rings. The number of nitrogens with zero attached hydrogens (tertiary/aromatic N) is 1. The van der Waals surface area contributed by atoms with Crippen LogP contribution in [0.5, 0.6) is 0 Å². The molecule has 1 aromatic carbocycles. The maximum absolute atomic E-state index is 11.8. The van der Waals surface area contributed by atoms with E-state index in [1.165, 1.54) is 11.3 Å². The molecule has 19 heavy (non-hydrogen) atoms. The molecule has 0 radical (unpaired) electrons. The molecule has 1 heterocycles. The molecule has 0 bridgehead atoms. The summed E-state index contributed by atoms with van der Waals surface area (Å²) >= 11 is 7.42. The molecule has 2 aromatic rings. The van der Waals surface area contributed by atoms with Crippen molar-refractivity contribution in [1.82, 2.24) is 10.3 Å². The van der Waals surface area contributed by atoms with Crippen LogP contribution in [-0.2, 0) is 6.54 Å². The van der Waals surface area contributed by atoms with Crippen LogP contribution in [0.25, 0.3) is 0 Å². The Bertz CT molecular complexity index is 597. The van der Waals surface area contributed by atoms with E-state index >= 15 is 0 Å². The fourth-order valence-corrected chi connectivity index (χ4v) is 2.42. The van der Waals surface area contributed by atoms with E-state index in [0.29, 0.717) is 17.3 Å². The number of benzene rings is 1. The SMILES string of the molecule is Cc1csc(CNC(=O)Nc2cc(Cl)ccc2C)n1. The van der Waals surface area contributed by atoms with Gasteiger partial charge in [-0.25, -0.2) is 9.78 Å². The first-order valence-corrected chi connectivity index (χ1v) is 7.02. The number of thiazole rings is 1. The molecule has 0 saturated carbocycles. The van der Waals surface area contributed by atoms with Gasteiger partial charge in [-0.2, -0.15) is 0 Å². The van der Waals surface area contributed by atoms with Crippen LogP contribution in [-0.4, -0.2) is 11.0 Å². The van der Waals surface area contributed by atoms with E-state index in [1.54, 1.807) is 12.1 Å². The van der Waals surface area contributed by atoms with Crippen LogP contribution in [0.3, 0.4) is 0 Å². The quantitative estimate of drug-likeness (QED) is 0.906. The number of carbonyl (C=O) groups is 1. The summed E-state index contributed by atoms with van der Waals surface area (Å²) in [5.74, 6) is 0. The second kappa shape index (κ2) is 6.04. The minimum Gasteiger partial charge on any atom is -0.331 e. The second-order valence-electron chi connectivity index (χ2n) is 4.15. The van der Waals surface area contributed by atoms with E-state index < -0.39 is 0 Å². The van der Waals surface area contributed by atoms with Gasteiger partial charge >= 0.3 is 6.03 Å². The normalized spacial score (nSPS) is 10.3. The number of aromatic nitrogens is 1. The molecule has 2 amide bonds. The summed E-state index contributed by atoms with van der Waals surface area (Å²) < 4.78 is 0. The van der Waals surface area contributed by atoms with Crippen LogP contribution in [0, 0.1) is 13.8 Å². The molecular weight excluding hydrogens is 282 g/mol. The number of anilines is 1. The molecule has 0 unspecified atom stereocenters. The first kappa shape index (κ1) is 13.8. The average Bonchev–Trinajstić information content (AvgIpc) is 2.77. The number of halogens is 1. The number of hydrogen-bond donors (Lipinski definition) is 2. The van der Waals surface area contributed by atoms with Crippen LogP contribution in [0.2, 0.25) is 5.02 Å². The van der Waals surface area contributed by atoms with Crippen molar-refractivity contribution in [3.8, 4) is 0 Å². The summed E-state index contributed by atoms with van der Waals surface area (Å²) in [6.45, 7) is 4.26. The highest BCUT2D eigenvalue weighted by molar-refractivity contribution is 7.09. The van der Waals surface area contributed by atoms with Gasteiger partial charge in [0.25, 0.3) is 0 Å². The molecular formula is C13H14ClN3OS. The summed E-state index contributed by atoms with van der Waals surface area (Å²) in [6.07, 6.45) is 0. The Morgan fingerprint density at radius 1 is 1.42 bits per heavy atom. The van der Waals surface area contributed by atoms with Crippen LogP contribution in [0.1, 0.15) is 16.3 Å². The van der Waals surface area contributed by atoms with Gasteiger partial charge in [-0.15, -0.1) is 11.3 Å². The van der Waals surface area contributed by atoms with Crippen molar-refractivity contribution >= 4 is 34.7 Å².